The van der Waals surface area contributed by atoms with Gasteiger partial charge >= 0.3 is 6.09 Å². The summed E-state index contributed by atoms with van der Waals surface area (Å²) in [5.74, 6) is -0.372. The van der Waals surface area contributed by atoms with Crippen LogP contribution in [0.2, 0.25) is 5.02 Å². The molecule has 0 aliphatic rings. The monoisotopic (exact) mass is 470 g/mol. The highest BCUT2D eigenvalue weighted by Gasteiger charge is 2.21. The van der Waals surface area contributed by atoms with Crippen LogP contribution < -0.4 is 5.32 Å². The molecule has 172 valence electrons. The number of fused-ring (bicyclic) bond motifs is 1. The highest BCUT2D eigenvalue weighted by atomic mass is 35.5. The van der Waals surface area contributed by atoms with Crippen LogP contribution in [0.5, 0.6) is 0 Å². The lowest BCUT2D eigenvalue weighted by molar-refractivity contribution is -0.132. The lowest BCUT2D eigenvalue weighted by Gasteiger charge is -2.27. The Bertz CT molecular complexity index is 1160. The van der Waals surface area contributed by atoms with Gasteiger partial charge in [-0.15, -0.1) is 6.58 Å². The lowest BCUT2D eigenvalue weighted by atomic mass is 10.1. The molecule has 2 heterocycles. The van der Waals surface area contributed by atoms with Gasteiger partial charge in [-0.25, -0.2) is 14.2 Å². The van der Waals surface area contributed by atoms with E-state index in [-0.39, 0.29) is 24.0 Å². The summed E-state index contributed by atoms with van der Waals surface area (Å²) in [6, 6.07) is 7.62. The van der Waals surface area contributed by atoms with Gasteiger partial charge in [0.1, 0.15) is 18.2 Å². The number of benzene rings is 1. The van der Waals surface area contributed by atoms with Crippen molar-refractivity contribution in [2.75, 3.05) is 19.0 Å². The van der Waals surface area contributed by atoms with E-state index in [1.165, 1.54) is 11.0 Å². The summed E-state index contributed by atoms with van der Waals surface area (Å²) in [5.41, 5.74) is 0.562. The summed E-state index contributed by atoms with van der Waals surface area (Å²) in [5, 5.41) is 4.33. The molecule has 1 N–H and O–H groups in total. The smallest absolute Gasteiger partial charge is 0.412 e. The van der Waals surface area contributed by atoms with Crippen molar-refractivity contribution >= 4 is 40.2 Å². The summed E-state index contributed by atoms with van der Waals surface area (Å²) in [4.78, 5) is 34.7. The minimum atomic E-state index is -0.688. The number of carbonyl (C=O) groups is 2. The third-order valence-corrected chi connectivity index (χ3v) is 5.60. The van der Waals surface area contributed by atoms with E-state index in [0.717, 1.165) is 10.8 Å². The van der Waals surface area contributed by atoms with Crippen molar-refractivity contribution in [2.45, 2.75) is 25.3 Å². The molecule has 7 nitrogen and oxygen atoms in total. The predicted molar refractivity (Wildman–Crippen MR) is 126 cm³/mol. The van der Waals surface area contributed by atoms with Gasteiger partial charge in [0.05, 0.1) is 11.1 Å². The molecule has 0 radical (unpaired) electrons. The predicted octanol–water partition coefficient (Wildman–Crippen LogP) is 5.01. The number of aromatic nitrogens is 2. The van der Waals surface area contributed by atoms with Gasteiger partial charge in [-0.1, -0.05) is 29.8 Å². The number of pyridine rings is 2. The molecule has 0 bridgehead atoms. The zero-order valence-corrected chi connectivity index (χ0v) is 18.9. The molecule has 0 saturated heterocycles. The van der Waals surface area contributed by atoms with E-state index in [1.807, 2.05) is 6.07 Å². The van der Waals surface area contributed by atoms with Crippen LogP contribution in [0.15, 0.2) is 61.6 Å². The van der Waals surface area contributed by atoms with Crippen molar-refractivity contribution in [1.82, 2.24) is 14.9 Å². The fraction of sp³-hybridized carbons (Fsp3) is 0.250. The molecule has 2 amide bonds. The maximum Gasteiger partial charge on any atom is 0.412 e. The fourth-order valence-corrected chi connectivity index (χ4v) is 3.47. The van der Waals surface area contributed by atoms with Crippen molar-refractivity contribution in [2.24, 2.45) is 0 Å². The SMILES string of the molecule is C=CC[C@@H](COC(=O)Nc1cc2cnccc2cn1)N(C)C(=O)CCc1cccc(F)c1Cl. The molecule has 0 aliphatic carbocycles. The highest BCUT2D eigenvalue weighted by Crippen LogP contribution is 2.21. The number of rotatable bonds is 9. The highest BCUT2D eigenvalue weighted by molar-refractivity contribution is 6.31. The Kier molecular flexibility index (Phi) is 8.32. The number of amides is 2. The number of ether oxygens (including phenoxy) is 1. The first-order valence-corrected chi connectivity index (χ1v) is 10.7. The Morgan fingerprint density at radius 3 is 2.91 bits per heavy atom. The zero-order valence-electron chi connectivity index (χ0n) is 18.1. The summed E-state index contributed by atoms with van der Waals surface area (Å²) in [6.45, 7) is 3.68. The second-order valence-electron chi connectivity index (χ2n) is 7.41. The van der Waals surface area contributed by atoms with Gasteiger partial charge in [0.2, 0.25) is 5.91 Å². The van der Waals surface area contributed by atoms with Crippen LogP contribution in [-0.2, 0) is 16.0 Å². The van der Waals surface area contributed by atoms with E-state index >= 15 is 0 Å². The molecule has 0 unspecified atom stereocenters. The number of aryl methyl sites for hydroxylation is 1. The first-order chi connectivity index (χ1) is 15.9. The molecule has 0 spiro atoms. The number of nitrogens with one attached hydrogen (secondary N) is 1. The number of anilines is 1. The average Bonchev–Trinajstić information content (AvgIpc) is 2.82. The molecule has 1 aromatic carbocycles. The largest absolute Gasteiger partial charge is 0.447 e. The van der Waals surface area contributed by atoms with Crippen molar-refractivity contribution in [3.8, 4) is 0 Å². The molecule has 33 heavy (non-hydrogen) atoms. The van der Waals surface area contributed by atoms with Crippen molar-refractivity contribution in [1.29, 1.82) is 0 Å². The third kappa shape index (κ3) is 6.49. The van der Waals surface area contributed by atoms with Crippen LogP contribution in [0.4, 0.5) is 15.0 Å². The molecule has 0 saturated carbocycles. The van der Waals surface area contributed by atoms with Crippen LogP contribution in [0.3, 0.4) is 0 Å². The molecule has 9 heteroatoms. The maximum absolute atomic E-state index is 13.6. The summed E-state index contributed by atoms with van der Waals surface area (Å²) in [7, 11) is 1.63. The number of likely N-dealkylation sites (N-methyl/N-ethyl adjacent to an activating group) is 1. The van der Waals surface area contributed by atoms with Gasteiger partial charge in [-0.3, -0.25) is 15.1 Å². The normalized spacial score (nSPS) is 11.6. The number of nitrogens with zero attached hydrogens (tertiary/aromatic N) is 3. The van der Waals surface area contributed by atoms with E-state index in [9.17, 15) is 14.0 Å². The first kappa shape index (κ1) is 24.1. The van der Waals surface area contributed by atoms with E-state index in [4.69, 9.17) is 16.3 Å². The van der Waals surface area contributed by atoms with Crippen LogP contribution in [0.1, 0.15) is 18.4 Å². The van der Waals surface area contributed by atoms with Crippen molar-refractivity contribution in [3.63, 3.8) is 0 Å². The van der Waals surface area contributed by atoms with E-state index in [0.29, 0.717) is 24.2 Å². The molecular formula is C24H24ClFN4O3. The summed E-state index contributed by atoms with van der Waals surface area (Å²) < 4.78 is 18.9. The van der Waals surface area contributed by atoms with Gasteiger partial charge in [0, 0.05) is 42.8 Å². The third-order valence-electron chi connectivity index (χ3n) is 5.18. The molecule has 2 aromatic heterocycles. The first-order valence-electron chi connectivity index (χ1n) is 10.3. The average molecular weight is 471 g/mol. The summed E-state index contributed by atoms with van der Waals surface area (Å²) >= 11 is 5.97. The van der Waals surface area contributed by atoms with E-state index in [2.05, 4.69) is 21.9 Å². The summed E-state index contributed by atoms with van der Waals surface area (Å²) in [6.07, 6.45) is 6.78. The second kappa shape index (κ2) is 11.4. The number of hydrogen-bond donors (Lipinski definition) is 1. The van der Waals surface area contributed by atoms with Crippen molar-refractivity contribution < 1.29 is 18.7 Å². The maximum atomic E-state index is 13.6. The van der Waals surface area contributed by atoms with E-state index in [1.54, 1.807) is 49.9 Å². The quantitative estimate of drug-likeness (QED) is 0.444. The topological polar surface area (TPSA) is 84.4 Å². The van der Waals surface area contributed by atoms with Gasteiger partial charge in [0.15, 0.2) is 0 Å². The standard InChI is InChI=1S/C24H24ClFN4O3/c1-3-5-19(30(2)22(31)9-8-16-6-4-7-20(26)23(16)25)15-33-24(32)29-21-12-18-13-27-11-10-17(18)14-28-21/h3-4,6-7,10-14,19H,1,5,8-9,15H2,2H3,(H,28,29,32)/t19-/m0/s1. The Morgan fingerprint density at radius 2 is 2.12 bits per heavy atom. The Labute approximate surface area is 196 Å². The fourth-order valence-electron chi connectivity index (χ4n) is 3.25. The molecular weight excluding hydrogens is 447 g/mol. The van der Waals surface area contributed by atoms with Crippen LogP contribution in [0.25, 0.3) is 10.8 Å². The van der Waals surface area contributed by atoms with Gasteiger partial charge in [0.25, 0.3) is 0 Å². The van der Waals surface area contributed by atoms with Crippen LogP contribution in [0, 0.1) is 5.82 Å². The minimum Gasteiger partial charge on any atom is -0.447 e. The molecule has 3 rings (SSSR count). The van der Waals surface area contributed by atoms with Crippen LogP contribution >= 0.6 is 11.6 Å². The minimum absolute atomic E-state index is 0.0219. The number of halogens is 2. The molecule has 1 atom stereocenters. The van der Waals surface area contributed by atoms with Gasteiger partial charge < -0.3 is 9.64 Å². The molecule has 0 aliphatic heterocycles. The van der Waals surface area contributed by atoms with Crippen molar-refractivity contribution in [3.05, 3.63) is 78.0 Å². The Morgan fingerprint density at radius 1 is 1.30 bits per heavy atom. The molecule has 3 aromatic rings. The van der Waals surface area contributed by atoms with Gasteiger partial charge in [-0.05, 0) is 36.6 Å². The second-order valence-corrected chi connectivity index (χ2v) is 7.79. The van der Waals surface area contributed by atoms with Crippen LogP contribution in [-0.4, -0.2) is 46.6 Å². The van der Waals surface area contributed by atoms with E-state index < -0.39 is 18.0 Å². The zero-order chi connectivity index (χ0) is 23.8. The lowest BCUT2D eigenvalue weighted by Crippen LogP contribution is -2.40. The Balaban J connectivity index is 1.54. The van der Waals surface area contributed by atoms with Gasteiger partial charge in [-0.2, -0.15) is 0 Å². The number of hydrogen-bond acceptors (Lipinski definition) is 5. The Hall–Kier alpha value is -3.52. The molecule has 0 fully saturated rings. The number of carbonyl (C=O) groups excluding carboxylic acids is 2.